The highest BCUT2D eigenvalue weighted by molar-refractivity contribution is 7.99. The molecule has 3 rings (SSSR count). The zero-order valence-corrected chi connectivity index (χ0v) is 16.9. The van der Waals surface area contributed by atoms with E-state index in [-0.39, 0.29) is 11.7 Å². The fourth-order valence-electron chi connectivity index (χ4n) is 3.00. The number of aromatic nitrogens is 3. The van der Waals surface area contributed by atoms with Crippen LogP contribution in [0.5, 0.6) is 0 Å². The molecule has 2 heterocycles. The number of furan rings is 1. The third-order valence-corrected chi connectivity index (χ3v) is 5.44. The van der Waals surface area contributed by atoms with Crippen molar-refractivity contribution in [3.8, 4) is 11.4 Å². The van der Waals surface area contributed by atoms with Gasteiger partial charge in [-0.25, -0.2) is 0 Å². The molecule has 1 aromatic carbocycles. The topological polar surface area (TPSA) is 73.0 Å². The van der Waals surface area contributed by atoms with Gasteiger partial charge in [0.1, 0.15) is 5.76 Å². The van der Waals surface area contributed by atoms with Crippen molar-refractivity contribution in [3.63, 3.8) is 0 Å². The molecular weight excluding hydrogens is 360 g/mol. The molecule has 0 saturated carbocycles. The highest BCUT2D eigenvalue weighted by Crippen LogP contribution is 2.27. The number of amides is 1. The first kappa shape index (κ1) is 19.2. The summed E-state index contributed by atoms with van der Waals surface area (Å²) in [6, 6.07) is 7.96. The lowest BCUT2D eigenvalue weighted by molar-refractivity contribution is -0.113. The quantitative estimate of drug-likeness (QED) is 0.609. The van der Waals surface area contributed by atoms with Crippen LogP contribution in [0, 0.1) is 13.8 Å². The molecule has 1 amide bonds. The summed E-state index contributed by atoms with van der Waals surface area (Å²) in [6.07, 6.45) is 2.52. The second-order valence-electron chi connectivity index (χ2n) is 6.24. The van der Waals surface area contributed by atoms with Gasteiger partial charge in [0.15, 0.2) is 11.0 Å². The Morgan fingerprint density at radius 3 is 2.70 bits per heavy atom. The van der Waals surface area contributed by atoms with Crippen LogP contribution in [0.2, 0.25) is 0 Å². The van der Waals surface area contributed by atoms with Gasteiger partial charge in [-0.05, 0) is 44.4 Å². The van der Waals surface area contributed by atoms with E-state index >= 15 is 0 Å². The van der Waals surface area contributed by atoms with Gasteiger partial charge in [-0.3, -0.25) is 4.79 Å². The molecule has 0 bridgehead atoms. The molecule has 0 spiro atoms. The fraction of sp³-hybridized carbons (Fsp3) is 0.350. The van der Waals surface area contributed by atoms with E-state index in [1.165, 1.54) is 11.8 Å². The average molecular weight is 385 g/mol. The number of anilines is 1. The van der Waals surface area contributed by atoms with Crippen LogP contribution in [-0.4, -0.2) is 26.4 Å². The first-order chi connectivity index (χ1) is 13.0. The van der Waals surface area contributed by atoms with E-state index < -0.39 is 0 Å². The van der Waals surface area contributed by atoms with Gasteiger partial charge in [0.25, 0.3) is 0 Å². The number of thioether (sulfide) groups is 1. The molecule has 142 valence electrons. The van der Waals surface area contributed by atoms with Gasteiger partial charge in [-0.15, -0.1) is 10.2 Å². The molecule has 0 radical (unpaired) electrons. The van der Waals surface area contributed by atoms with E-state index in [4.69, 9.17) is 4.42 Å². The van der Waals surface area contributed by atoms with Crippen molar-refractivity contribution in [2.24, 2.45) is 0 Å². The summed E-state index contributed by atoms with van der Waals surface area (Å²) in [5, 5.41) is 12.3. The minimum absolute atomic E-state index is 0.0457. The van der Waals surface area contributed by atoms with Crippen molar-refractivity contribution in [2.45, 2.75) is 45.8 Å². The van der Waals surface area contributed by atoms with Gasteiger partial charge in [-0.1, -0.05) is 36.9 Å². The van der Waals surface area contributed by atoms with Gasteiger partial charge in [-0.2, -0.15) is 0 Å². The fourth-order valence-corrected chi connectivity index (χ4v) is 3.81. The highest BCUT2D eigenvalue weighted by Gasteiger charge is 2.17. The number of para-hydroxylation sites is 1. The summed E-state index contributed by atoms with van der Waals surface area (Å²) in [5.74, 6) is 1.80. The molecule has 2 aromatic heterocycles. The van der Waals surface area contributed by atoms with Crippen molar-refractivity contribution in [2.75, 3.05) is 11.1 Å². The monoisotopic (exact) mass is 384 g/mol. The summed E-state index contributed by atoms with van der Waals surface area (Å²) in [4.78, 5) is 12.5. The van der Waals surface area contributed by atoms with Gasteiger partial charge in [0, 0.05) is 12.2 Å². The van der Waals surface area contributed by atoms with Crippen LogP contribution >= 0.6 is 11.8 Å². The molecule has 0 saturated heterocycles. The number of benzene rings is 1. The van der Waals surface area contributed by atoms with Crippen LogP contribution in [-0.2, 0) is 17.8 Å². The Kier molecular flexibility index (Phi) is 6.01. The minimum Gasteiger partial charge on any atom is -0.469 e. The van der Waals surface area contributed by atoms with Crippen molar-refractivity contribution in [1.82, 2.24) is 14.8 Å². The third kappa shape index (κ3) is 4.08. The van der Waals surface area contributed by atoms with Crippen LogP contribution in [0.15, 0.2) is 40.1 Å². The maximum absolute atomic E-state index is 12.5. The molecule has 0 fully saturated rings. The number of aryl methyl sites for hydroxylation is 3. The van der Waals surface area contributed by atoms with E-state index in [1.54, 1.807) is 6.26 Å². The summed E-state index contributed by atoms with van der Waals surface area (Å²) in [6.45, 7) is 8.75. The molecule has 27 heavy (non-hydrogen) atoms. The molecular formula is C20H24N4O2S. The lowest BCUT2D eigenvalue weighted by Gasteiger charge is -2.13. The van der Waals surface area contributed by atoms with Crippen LogP contribution < -0.4 is 5.32 Å². The van der Waals surface area contributed by atoms with Crippen LogP contribution in [0.3, 0.4) is 0 Å². The summed E-state index contributed by atoms with van der Waals surface area (Å²) in [5.41, 5.74) is 4.05. The van der Waals surface area contributed by atoms with Crippen molar-refractivity contribution in [1.29, 1.82) is 0 Å². The predicted molar refractivity (Wildman–Crippen MR) is 108 cm³/mol. The van der Waals surface area contributed by atoms with Gasteiger partial charge < -0.3 is 14.3 Å². The van der Waals surface area contributed by atoms with Crippen molar-refractivity contribution in [3.05, 3.63) is 47.4 Å². The minimum atomic E-state index is -0.0457. The molecule has 0 aliphatic carbocycles. The van der Waals surface area contributed by atoms with Gasteiger partial charge >= 0.3 is 0 Å². The van der Waals surface area contributed by atoms with Crippen LogP contribution in [0.25, 0.3) is 11.4 Å². The molecule has 6 nitrogen and oxygen atoms in total. The summed E-state index contributed by atoms with van der Waals surface area (Å²) >= 11 is 1.39. The number of carbonyl (C=O) groups is 1. The maximum atomic E-state index is 12.5. The first-order valence-corrected chi connectivity index (χ1v) is 10.0. The van der Waals surface area contributed by atoms with E-state index in [1.807, 2.05) is 49.6 Å². The Balaban J connectivity index is 1.72. The molecule has 0 aliphatic heterocycles. The Labute approximate surface area is 163 Å². The zero-order chi connectivity index (χ0) is 19.4. The van der Waals surface area contributed by atoms with Crippen molar-refractivity contribution >= 4 is 23.4 Å². The third-order valence-electron chi connectivity index (χ3n) is 4.47. The van der Waals surface area contributed by atoms with Gasteiger partial charge in [0.2, 0.25) is 5.91 Å². The number of nitrogens with zero attached hydrogens (tertiary/aromatic N) is 3. The molecule has 0 atom stereocenters. The Morgan fingerprint density at radius 1 is 1.22 bits per heavy atom. The molecule has 3 aromatic rings. The van der Waals surface area contributed by atoms with E-state index in [0.717, 1.165) is 45.5 Å². The van der Waals surface area contributed by atoms with Crippen LogP contribution in [0.1, 0.15) is 30.7 Å². The number of rotatable bonds is 7. The number of hydrogen-bond donors (Lipinski definition) is 1. The SMILES string of the molecule is CCc1cccc(C)c1NC(=O)CSc1nnc(-c2ccoc2C)n1CC. The van der Waals surface area contributed by atoms with Crippen molar-refractivity contribution < 1.29 is 9.21 Å². The highest BCUT2D eigenvalue weighted by atomic mass is 32.2. The Bertz CT molecular complexity index is 945. The second-order valence-corrected chi connectivity index (χ2v) is 7.18. The molecule has 1 N–H and O–H groups in total. The molecule has 0 unspecified atom stereocenters. The lowest BCUT2D eigenvalue weighted by atomic mass is 10.1. The van der Waals surface area contributed by atoms with E-state index in [2.05, 4.69) is 22.4 Å². The van der Waals surface area contributed by atoms with E-state index in [9.17, 15) is 4.79 Å². The number of carbonyl (C=O) groups excluding carboxylic acids is 1. The number of nitrogens with one attached hydrogen (secondary N) is 1. The lowest BCUT2D eigenvalue weighted by Crippen LogP contribution is -2.16. The molecule has 0 aliphatic rings. The number of hydrogen-bond acceptors (Lipinski definition) is 5. The summed E-state index contributed by atoms with van der Waals surface area (Å²) in [7, 11) is 0. The predicted octanol–water partition coefficient (Wildman–Crippen LogP) is 4.47. The van der Waals surface area contributed by atoms with Crippen LogP contribution in [0.4, 0.5) is 5.69 Å². The van der Waals surface area contributed by atoms with Gasteiger partial charge in [0.05, 0.1) is 17.6 Å². The Morgan fingerprint density at radius 2 is 2.04 bits per heavy atom. The normalized spacial score (nSPS) is 11.0. The first-order valence-electron chi connectivity index (χ1n) is 9.03. The standard InChI is InChI=1S/C20H24N4O2S/c1-5-15-9-7-8-13(3)18(15)21-17(25)12-27-20-23-22-19(24(20)6-2)16-10-11-26-14(16)4/h7-11H,5-6,12H2,1-4H3,(H,21,25). The second kappa shape index (κ2) is 8.43. The average Bonchev–Trinajstić information content (AvgIpc) is 3.26. The smallest absolute Gasteiger partial charge is 0.234 e. The zero-order valence-electron chi connectivity index (χ0n) is 16.1. The van der Waals surface area contributed by atoms with E-state index in [0.29, 0.717) is 6.54 Å². The maximum Gasteiger partial charge on any atom is 0.234 e. The molecule has 7 heteroatoms. The largest absolute Gasteiger partial charge is 0.469 e. The Hall–Kier alpha value is -2.54. The summed E-state index contributed by atoms with van der Waals surface area (Å²) < 4.78 is 7.37.